The van der Waals surface area contributed by atoms with E-state index in [1.165, 1.54) is 47.8 Å². The molecule has 2 aromatic heterocycles. The summed E-state index contributed by atoms with van der Waals surface area (Å²) < 4.78 is 2.55. The van der Waals surface area contributed by atoms with Gasteiger partial charge in [0.05, 0.1) is 0 Å². The molecule has 0 bridgehead atoms. The highest BCUT2D eigenvalue weighted by Gasteiger charge is 2.24. The van der Waals surface area contributed by atoms with Gasteiger partial charge in [-0.25, -0.2) is 15.0 Å². The number of benzene rings is 6. The highest BCUT2D eigenvalue weighted by molar-refractivity contribution is 7.25. The van der Waals surface area contributed by atoms with E-state index in [-0.39, 0.29) is 0 Å². The Bertz CT molecular complexity index is 2350. The molecule has 0 saturated heterocycles. The van der Waals surface area contributed by atoms with Crippen molar-refractivity contribution < 1.29 is 0 Å². The molecule has 0 radical (unpaired) electrons. The molecule has 8 aromatic rings. The van der Waals surface area contributed by atoms with Gasteiger partial charge in [0, 0.05) is 36.9 Å². The second kappa shape index (κ2) is 9.16. The lowest BCUT2D eigenvalue weighted by molar-refractivity contribution is 1.08. The Balaban J connectivity index is 1.32. The van der Waals surface area contributed by atoms with E-state index in [4.69, 9.17) is 15.0 Å². The normalized spacial score (nSPS) is 12.2. The lowest BCUT2D eigenvalue weighted by Crippen LogP contribution is -2.01. The summed E-state index contributed by atoms with van der Waals surface area (Å²) in [5.74, 6) is 2.07. The van der Waals surface area contributed by atoms with Crippen molar-refractivity contribution in [3.63, 3.8) is 0 Å². The van der Waals surface area contributed by atoms with Gasteiger partial charge in [-0.1, -0.05) is 103 Å². The Morgan fingerprint density at radius 1 is 0.452 bits per heavy atom. The SMILES string of the molecule is c1ccc2c(c1)Cc1cccc(-c3nc(-c4ccc5sc6ccccc6c5c4)nc(-c4cccc5ccccc45)n3)c1-2. The zero-order valence-corrected chi connectivity index (χ0v) is 23.4. The van der Waals surface area contributed by atoms with Crippen LogP contribution in [0.1, 0.15) is 11.1 Å². The number of aromatic nitrogens is 3. The second-order valence-corrected chi connectivity index (χ2v) is 11.9. The first kappa shape index (κ1) is 23.5. The van der Waals surface area contributed by atoms with Gasteiger partial charge in [-0.2, -0.15) is 0 Å². The van der Waals surface area contributed by atoms with Crippen LogP contribution in [0.15, 0.2) is 127 Å². The Morgan fingerprint density at radius 2 is 1.10 bits per heavy atom. The van der Waals surface area contributed by atoms with Crippen LogP contribution in [0.25, 0.3) is 76.2 Å². The van der Waals surface area contributed by atoms with Crippen molar-refractivity contribution in [3.8, 4) is 45.3 Å². The minimum Gasteiger partial charge on any atom is -0.208 e. The van der Waals surface area contributed by atoms with Gasteiger partial charge >= 0.3 is 0 Å². The van der Waals surface area contributed by atoms with Gasteiger partial charge in [-0.05, 0) is 63.7 Å². The smallest absolute Gasteiger partial charge is 0.164 e. The molecule has 1 aliphatic carbocycles. The summed E-state index contributed by atoms with van der Waals surface area (Å²) in [6.07, 6.45) is 0.926. The Hall–Kier alpha value is -5.19. The van der Waals surface area contributed by atoms with Gasteiger partial charge in [0.15, 0.2) is 17.5 Å². The van der Waals surface area contributed by atoms with Crippen molar-refractivity contribution in [3.05, 3.63) is 139 Å². The minimum atomic E-state index is 0.684. The fraction of sp³-hybridized carbons (Fsp3) is 0.0263. The first-order valence-corrected chi connectivity index (χ1v) is 15.0. The molecule has 2 heterocycles. The molecular weight excluding hydrogens is 531 g/mol. The average Bonchev–Trinajstić information content (AvgIpc) is 3.62. The van der Waals surface area contributed by atoms with E-state index in [9.17, 15) is 0 Å². The van der Waals surface area contributed by atoms with Crippen LogP contribution in [0.3, 0.4) is 0 Å². The van der Waals surface area contributed by atoms with Crippen LogP contribution in [-0.2, 0) is 6.42 Å². The molecule has 9 rings (SSSR count). The van der Waals surface area contributed by atoms with E-state index in [1.54, 1.807) is 0 Å². The molecule has 0 amide bonds. The molecule has 0 unspecified atom stereocenters. The Labute approximate surface area is 246 Å². The van der Waals surface area contributed by atoms with Gasteiger partial charge in [0.2, 0.25) is 0 Å². The van der Waals surface area contributed by atoms with Crippen molar-refractivity contribution in [2.75, 3.05) is 0 Å². The number of nitrogens with zero attached hydrogens (tertiary/aromatic N) is 3. The van der Waals surface area contributed by atoms with E-state index in [0.29, 0.717) is 17.5 Å². The third kappa shape index (κ3) is 3.62. The number of hydrogen-bond donors (Lipinski definition) is 0. The summed E-state index contributed by atoms with van der Waals surface area (Å²) in [7, 11) is 0. The predicted octanol–water partition coefficient (Wildman–Crippen LogP) is 9.96. The van der Waals surface area contributed by atoms with E-state index in [2.05, 4.69) is 127 Å². The second-order valence-electron chi connectivity index (χ2n) is 10.8. The lowest BCUT2D eigenvalue weighted by Gasteiger charge is -2.13. The zero-order valence-electron chi connectivity index (χ0n) is 22.6. The van der Waals surface area contributed by atoms with E-state index < -0.39 is 0 Å². The van der Waals surface area contributed by atoms with Crippen molar-refractivity contribution >= 4 is 42.3 Å². The summed E-state index contributed by atoms with van der Waals surface area (Å²) in [4.78, 5) is 15.5. The molecule has 1 aliphatic rings. The van der Waals surface area contributed by atoms with Crippen molar-refractivity contribution in [2.45, 2.75) is 6.42 Å². The van der Waals surface area contributed by atoms with E-state index in [0.717, 1.165) is 28.5 Å². The minimum absolute atomic E-state index is 0.684. The van der Waals surface area contributed by atoms with Gasteiger partial charge in [-0.15, -0.1) is 11.3 Å². The highest BCUT2D eigenvalue weighted by atomic mass is 32.1. The summed E-state index contributed by atoms with van der Waals surface area (Å²) in [5.41, 5.74) is 8.20. The first-order chi connectivity index (χ1) is 20.8. The molecule has 0 spiro atoms. The third-order valence-electron chi connectivity index (χ3n) is 8.36. The maximum Gasteiger partial charge on any atom is 0.164 e. The summed E-state index contributed by atoms with van der Waals surface area (Å²) in [5, 5.41) is 4.79. The molecule has 42 heavy (non-hydrogen) atoms. The van der Waals surface area contributed by atoms with E-state index in [1.807, 2.05) is 11.3 Å². The number of rotatable bonds is 3. The molecular formula is C38H23N3S. The lowest BCUT2D eigenvalue weighted by atomic mass is 9.98. The topological polar surface area (TPSA) is 38.7 Å². The van der Waals surface area contributed by atoms with Crippen LogP contribution < -0.4 is 0 Å². The average molecular weight is 554 g/mol. The standard InChI is InChI=1S/C38H23N3S/c1-3-13-27-23(9-1)11-7-16-30(27)37-39-36(26-19-20-34-32(22-26)29-15-5-6-18-33(29)42-34)40-38(41-37)31-17-8-12-25-21-24-10-2-4-14-28(24)35(25)31/h1-20,22H,21H2. The predicted molar refractivity (Wildman–Crippen MR) is 175 cm³/mol. The molecule has 3 nitrogen and oxygen atoms in total. The first-order valence-electron chi connectivity index (χ1n) is 14.2. The highest BCUT2D eigenvalue weighted by Crippen LogP contribution is 2.43. The van der Waals surface area contributed by atoms with Gasteiger partial charge < -0.3 is 0 Å². The van der Waals surface area contributed by atoms with Crippen LogP contribution in [0.2, 0.25) is 0 Å². The van der Waals surface area contributed by atoms with Gasteiger partial charge in [0.25, 0.3) is 0 Å². The molecule has 0 N–H and O–H groups in total. The molecule has 4 heteroatoms. The van der Waals surface area contributed by atoms with Crippen LogP contribution in [0.4, 0.5) is 0 Å². The molecule has 6 aromatic carbocycles. The van der Waals surface area contributed by atoms with Gasteiger partial charge in [-0.3, -0.25) is 0 Å². The fourth-order valence-electron chi connectivity index (χ4n) is 6.41. The van der Waals surface area contributed by atoms with Gasteiger partial charge in [0.1, 0.15) is 0 Å². The van der Waals surface area contributed by atoms with E-state index >= 15 is 0 Å². The molecule has 0 saturated carbocycles. The summed E-state index contributed by atoms with van der Waals surface area (Å²) in [6, 6.07) is 45.1. The van der Waals surface area contributed by atoms with Crippen LogP contribution in [0.5, 0.6) is 0 Å². The number of fused-ring (bicyclic) bond motifs is 7. The molecule has 196 valence electrons. The molecule has 0 aliphatic heterocycles. The maximum atomic E-state index is 5.18. The largest absolute Gasteiger partial charge is 0.208 e. The number of thiophene rings is 1. The van der Waals surface area contributed by atoms with Crippen molar-refractivity contribution in [1.29, 1.82) is 0 Å². The monoisotopic (exact) mass is 553 g/mol. The quantitative estimate of drug-likeness (QED) is 0.218. The van der Waals surface area contributed by atoms with Crippen LogP contribution in [-0.4, -0.2) is 15.0 Å². The van der Waals surface area contributed by atoms with Crippen LogP contribution >= 0.6 is 11.3 Å². The Kier molecular flexibility index (Phi) is 5.13. The Morgan fingerprint density at radius 3 is 2.05 bits per heavy atom. The fourth-order valence-corrected chi connectivity index (χ4v) is 7.49. The summed E-state index contributed by atoms with van der Waals surface area (Å²) >= 11 is 1.82. The molecule has 0 fully saturated rings. The zero-order chi connectivity index (χ0) is 27.6. The van der Waals surface area contributed by atoms with Crippen molar-refractivity contribution in [1.82, 2.24) is 15.0 Å². The summed E-state index contributed by atoms with van der Waals surface area (Å²) in [6.45, 7) is 0. The number of hydrogen-bond acceptors (Lipinski definition) is 4. The maximum absolute atomic E-state index is 5.18. The molecule has 0 atom stereocenters. The third-order valence-corrected chi connectivity index (χ3v) is 9.51. The van der Waals surface area contributed by atoms with Crippen molar-refractivity contribution in [2.24, 2.45) is 0 Å². The van der Waals surface area contributed by atoms with Crippen LogP contribution in [0, 0.1) is 0 Å².